The largest absolute Gasteiger partial charge is 0.493 e. The molecule has 0 aromatic heterocycles. The van der Waals surface area contributed by atoms with E-state index in [1.165, 1.54) is 13.5 Å². The van der Waals surface area contributed by atoms with Crippen molar-refractivity contribution in [1.29, 1.82) is 5.26 Å². The predicted octanol–water partition coefficient (Wildman–Crippen LogP) is 2.18. The van der Waals surface area contributed by atoms with Crippen molar-refractivity contribution in [1.82, 2.24) is 10.2 Å². The van der Waals surface area contributed by atoms with Gasteiger partial charge in [-0.15, -0.1) is 0 Å². The molecular formula is C19H27N3O3. The minimum Gasteiger partial charge on any atom is -0.493 e. The minimum atomic E-state index is -0.145. The van der Waals surface area contributed by atoms with Gasteiger partial charge in [-0.25, -0.2) is 0 Å². The summed E-state index contributed by atoms with van der Waals surface area (Å²) >= 11 is 0. The first-order valence-corrected chi connectivity index (χ1v) is 8.75. The highest BCUT2D eigenvalue weighted by atomic mass is 16.5. The van der Waals surface area contributed by atoms with Crippen LogP contribution in [0.2, 0.25) is 0 Å². The number of piperidine rings is 1. The second kappa shape index (κ2) is 9.28. The molecular weight excluding hydrogens is 318 g/mol. The van der Waals surface area contributed by atoms with E-state index in [4.69, 9.17) is 14.7 Å². The lowest BCUT2D eigenvalue weighted by atomic mass is 9.97. The van der Waals surface area contributed by atoms with Crippen molar-refractivity contribution < 1.29 is 14.3 Å². The number of benzene rings is 1. The Morgan fingerprint density at radius 2 is 2.24 bits per heavy atom. The average Bonchev–Trinajstić information content (AvgIpc) is 2.64. The maximum Gasteiger partial charge on any atom is 0.257 e. The summed E-state index contributed by atoms with van der Waals surface area (Å²) in [6, 6.07) is 7.47. The summed E-state index contributed by atoms with van der Waals surface area (Å²) in [5.74, 6) is 1.25. The molecule has 1 amide bonds. The van der Waals surface area contributed by atoms with Crippen LogP contribution in [0.3, 0.4) is 0 Å². The van der Waals surface area contributed by atoms with Gasteiger partial charge in [0, 0.05) is 25.2 Å². The van der Waals surface area contributed by atoms with Crippen molar-refractivity contribution in [2.24, 2.45) is 5.92 Å². The fourth-order valence-corrected chi connectivity index (χ4v) is 3.04. The summed E-state index contributed by atoms with van der Waals surface area (Å²) < 4.78 is 10.7. The molecule has 1 aliphatic heterocycles. The van der Waals surface area contributed by atoms with Gasteiger partial charge in [-0.3, -0.25) is 4.79 Å². The molecule has 0 aliphatic carbocycles. The van der Waals surface area contributed by atoms with E-state index in [2.05, 4.69) is 24.1 Å². The highest BCUT2D eigenvalue weighted by molar-refractivity contribution is 5.77. The van der Waals surface area contributed by atoms with Crippen LogP contribution in [-0.2, 0) is 4.79 Å². The van der Waals surface area contributed by atoms with Crippen molar-refractivity contribution in [2.45, 2.75) is 32.7 Å². The number of nitrogens with one attached hydrogen (secondary N) is 1. The number of carbonyl (C=O) groups is 1. The molecule has 1 aromatic rings. The van der Waals surface area contributed by atoms with E-state index >= 15 is 0 Å². The lowest BCUT2D eigenvalue weighted by molar-refractivity contribution is -0.123. The van der Waals surface area contributed by atoms with Crippen LogP contribution in [0.1, 0.15) is 32.3 Å². The van der Waals surface area contributed by atoms with Crippen LogP contribution in [0.4, 0.5) is 0 Å². The molecule has 1 fully saturated rings. The molecule has 0 bridgehead atoms. The highest BCUT2D eigenvalue weighted by Gasteiger charge is 2.22. The summed E-state index contributed by atoms with van der Waals surface area (Å²) in [6.07, 6.45) is 2.32. The molecule has 0 spiro atoms. The number of amides is 1. The second-order valence-corrected chi connectivity index (χ2v) is 6.67. The lowest BCUT2D eigenvalue weighted by Gasteiger charge is -2.35. The lowest BCUT2D eigenvalue weighted by Crippen LogP contribution is -2.44. The maximum atomic E-state index is 12.1. The normalized spacial score (nSPS) is 17.8. The molecule has 0 radical (unpaired) electrons. The van der Waals surface area contributed by atoms with Crippen LogP contribution in [0.5, 0.6) is 11.5 Å². The van der Waals surface area contributed by atoms with Crippen molar-refractivity contribution >= 4 is 5.91 Å². The van der Waals surface area contributed by atoms with E-state index < -0.39 is 0 Å². The number of nitriles is 1. The van der Waals surface area contributed by atoms with E-state index in [-0.39, 0.29) is 12.5 Å². The molecule has 1 N–H and O–H groups in total. The third kappa shape index (κ3) is 5.64. The molecule has 136 valence electrons. The highest BCUT2D eigenvalue weighted by Crippen LogP contribution is 2.27. The molecule has 1 aromatic carbocycles. The third-order valence-corrected chi connectivity index (χ3v) is 4.52. The molecule has 1 heterocycles. The standard InChI is InChI=1S/C19H27N3O3/c1-14(2)22-8-4-5-16(12-22)11-21-19(23)13-25-17-7-6-15(10-20)9-18(17)24-3/h6-7,9,14,16H,4-5,8,11-13H2,1-3H3,(H,21,23). The Balaban J connectivity index is 1.78. The predicted molar refractivity (Wildman–Crippen MR) is 95.6 cm³/mol. The van der Waals surface area contributed by atoms with E-state index in [9.17, 15) is 4.79 Å². The van der Waals surface area contributed by atoms with Crippen molar-refractivity contribution in [2.75, 3.05) is 33.4 Å². The third-order valence-electron chi connectivity index (χ3n) is 4.52. The van der Waals surface area contributed by atoms with Crippen LogP contribution in [0, 0.1) is 17.2 Å². The average molecular weight is 345 g/mol. The Morgan fingerprint density at radius 1 is 1.44 bits per heavy atom. The molecule has 6 nitrogen and oxygen atoms in total. The molecule has 1 unspecified atom stereocenters. The Kier molecular flexibility index (Phi) is 7.08. The van der Waals surface area contributed by atoms with Crippen LogP contribution < -0.4 is 14.8 Å². The van der Waals surface area contributed by atoms with E-state index in [1.54, 1.807) is 18.2 Å². The molecule has 1 saturated heterocycles. The fraction of sp³-hybridized carbons (Fsp3) is 0.579. The first kappa shape index (κ1) is 19.1. The molecule has 0 saturated carbocycles. The van der Waals surface area contributed by atoms with Crippen LogP contribution in [0.25, 0.3) is 0 Å². The molecule has 6 heteroatoms. The zero-order chi connectivity index (χ0) is 18.2. The summed E-state index contributed by atoms with van der Waals surface area (Å²) in [5.41, 5.74) is 0.487. The van der Waals surface area contributed by atoms with E-state index in [1.807, 2.05) is 6.07 Å². The Hall–Kier alpha value is -2.26. The second-order valence-electron chi connectivity index (χ2n) is 6.67. The monoisotopic (exact) mass is 345 g/mol. The quantitative estimate of drug-likeness (QED) is 0.820. The SMILES string of the molecule is COc1cc(C#N)ccc1OCC(=O)NCC1CCCN(C(C)C)C1. The number of nitrogens with zero attached hydrogens (tertiary/aromatic N) is 2. The smallest absolute Gasteiger partial charge is 0.257 e. The van der Waals surface area contributed by atoms with Gasteiger partial charge < -0.3 is 19.7 Å². The summed E-state index contributed by atoms with van der Waals surface area (Å²) in [5, 5.41) is 11.9. The number of rotatable bonds is 7. The van der Waals surface area contributed by atoms with Gasteiger partial charge in [-0.2, -0.15) is 5.26 Å². The number of hydrogen-bond donors (Lipinski definition) is 1. The van der Waals surface area contributed by atoms with Gasteiger partial charge in [0.25, 0.3) is 5.91 Å². The van der Waals surface area contributed by atoms with Gasteiger partial charge in [-0.1, -0.05) is 0 Å². The van der Waals surface area contributed by atoms with E-state index in [0.29, 0.717) is 35.6 Å². The molecule has 25 heavy (non-hydrogen) atoms. The van der Waals surface area contributed by atoms with Gasteiger partial charge >= 0.3 is 0 Å². The van der Waals surface area contributed by atoms with Crippen LogP contribution >= 0.6 is 0 Å². The number of ether oxygens (including phenoxy) is 2. The van der Waals surface area contributed by atoms with Crippen molar-refractivity contribution in [3.63, 3.8) is 0 Å². The van der Waals surface area contributed by atoms with Crippen molar-refractivity contribution in [3.8, 4) is 17.6 Å². The molecule has 1 aliphatic rings. The first-order chi connectivity index (χ1) is 12.0. The number of likely N-dealkylation sites (tertiary alicyclic amines) is 1. The number of carbonyl (C=O) groups excluding carboxylic acids is 1. The summed E-state index contributed by atoms with van der Waals surface area (Å²) in [7, 11) is 1.51. The first-order valence-electron chi connectivity index (χ1n) is 8.75. The minimum absolute atomic E-state index is 0.0666. The maximum absolute atomic E-state index is 12.1. The number of methoxy groups -OCH3 is 1. The van der Waals surface area contributed by atoms with Crippen LogP contribution in [0.15, 0.2) is 18.2 Å². The Morgan fingerprint density at radius 3 is 2.92 bits per heavy atom. The van der Waals surface area contributed by atoms with Gasteiger partial charge in [-0.05, 0) is 51.3 Å². The zero-order valence-electron chi connectivity index (χ0n) is 15.2. The van der Waals surface area contributed by atoms with Gasteiger partial charge in [0.05, 0.1) is 18.7 Å². The van der Waals surface area contributed by atoms with E-state index in [0.717, 1.165) is 19.5 Å². The Bertz CT molecular complexity index is 625. The van der Waals surface area contributed by atoms with Crippen LogP contribution in [-0.4, -0.2) is 50.2 Å². The topological polar surface area (TPSA) is 74.6 Å². The van der Waals surface area contributed by atoms with Gasteiger partial charge in [0.15, 0.2) is 18.1 Å². The summed E-state index contributed by atoms with van der Waals surface area (Å²) in [4.78, 5) is 14.5. The summed E-state index contributed by atoms with van der Waals surface area (Å²) in [6.45, 7) is 7.20. The zero-order valence-corrected chi connectivity index (χ0v) is 15.2. The van der Waals surface area contributed by atoms with Gasteiger partial charge in [0.1, 0.15) is 0 Å². The number of hydrogen-bond acceptors (Lipinski definition) is 5. The molecule has 2 rings (SSSR count). The Labute approximate surface area is 149 Å². The van der Waals surface area contributed by atoms with Gasteiger partial charge in [0.2, 0.25) is 0 Å². The molecule has 1 atom stereocenters. The fourth-order valence-electron chi connectivity index (χ4n) is 3.04. The van der Waals surface area contributed by atoms with Crippen molar-refractivity contribution in [3.05, 3.63) is 23.8 Å².